The second-order valence-electron chi connectivity index (χ2n) is 3.91. The summed E-state index contributed by atoms with van der Waals surface area (Å²) in [7, 11) is 0. The smallest absolute Gasteiger partial charge is 0.00747 e. The van der Waals surface area contributed by atoms with Crippen molar-refractivity contribution < 1.29 is 0 Å². The van der Waals surface area contributed by atoms with Crippen molar-refractivity contribution in [2.45, 2.75) is 50.2 Å². The maximum Gasteiger partial charge on any atom is 0.00747 e. The zero-order valence-corrected chi connectivity index (χ0v) is 10.2. The predicted octanol–water partition coefficient (Wildman–Crippen LogP) is 4.53. The highest BCUT2D eigenvalue weighted by atomic mass is 32.2. The molecule has 1 rings (SSSR count). The van der Waals surface area contributed by atoms with Gasteiger partial charge in [0.1, 0.15) is 0 Å². The lowest BCUT2D eigenvalue weighted by molar-refractivity contribution is 0.794. The lowest BCUT2D eigenvalue weighted by Crippen LogP contribution is -1.87. The van der Waals surface area contributed by atoms with Crippen molar-refractivity contribution in [3.63, 3.8) is 0 Å². The van der Waals surface area contributed by atoms with E-state index in [0.717, 1.165) is 0 Å². The minimum atomic E-state index is 0.677. The highest BCUT2D eigenvalue weighted by Crippen LogP contribution is 2.23. The summed E-state index contributed by atoms with van der Waals surface area (Å²) >= 11 is 1.93. The van der Waals surface area contributed by atoms with Crippen molar-refractivity contribution >= 4 is 11.8 Å². The first-order chi connectivity index (χ1) is 6.72. The van der Waals surface area contributed by atoms with Crippen LogP contribution in [-0.4, -0.2) is 5.25 Å². The molecule has 14 heavy (non-hydrogen) atoms. The van der Waals surface area contributed by atoms with Crippen molar-refractivity contribution in [2.75, 3.05) is 0 Å². The van der Waals surface area contributed by atoms with Crippen molar-refractivity contribution in [2.24, 2.45) is 0 Å². The van der Waals surface area contributed by atoms with Gasteiger partial charge in [-0.1, -0.05) is 39.3 Å². The first-order valence-electron chi connectivity index (χ1n) is 5.48. The molecule has 0 aliphatic rings. The summed E-state index contributed by atoms with van der Waals surface area (Å²) in [4.78, 5) is 1.39. The molecule has 0 bridgehead atoms. The van der Waals surface area contributed by atoms with E-state index < -0.39 is 0 Å². The number of hydrogen-bond donors (Lipinski definition) is 0. The largest absolute Gasteiger partial charge is 0.123 e. The summed E-state index contributed by atoms with van der Waals surface area (Å²) < 4.78 is 0. The van der Waals surface area contributed by atoms with Gasteiger partial charge in [-0.25, -0.2) is 0 Å². The summed E-state index contributed by atoms with van der Waals surface area (Å²) in [6, 6.07) is 9.02. The van der Waals surface area contributed by atoms with Crippen LogP contribution in [0.2, 0.25) is 0 Å². The maximum atomic E-state index is 2.26. The summed E-state index contributed by atoms with van der Waals surface area (Å²) in [5.41, 5.74) is 1.47. The molecule has 0 aliphatic heterocycles. The van der Waals surface area contributed by atoms with Crippen LogP contribution in [0.5, 0.6) is 0 Å². The maximum absolute atomic E-state index is 2.26. The van der Waals surface area contributed by atoms with E-state index in [1.165, 1.54) is 29.7 Å². The third-order valence-electron chi connectivity index (χ3n) is 2.11. The van der Waals surface area contributed by atoms with Gasteiger partial charge in [0.05, 0.1) is 0 Å². The highest BCUT2D eigenvalue weighted by Gasteiger charge is 1.98. The molecular formula is C13H20S. The van der Waals surface area contributed by atoms with Crippen molar-refractivity contribution in [3.8, 4) is 0 Å². The van der Waals surface area contributed by atoms with Crippen LogP contribution >= 0.6 is 11.8 Å². The van der Waals surface area contributed by atoms with Crippen LogP contribution in [0.25, 0.3) is 0 Å². The van der Waals surface area contributed by atoms with E-state index in [1.54, 1.807) is 0 Å². The zero-order chi connectivity index (χ0) is 10.4. The highest BCUT2D eigenvalue weighted by molar-refractivity contribution is 7.99. The van der Waals surface area contributed by atoms with Gasteiger partial charge in [0.15, 0.2) is 0 Å². The molecule has 0 N–H and O–H groups in total. The fourth-order valence-electron chi connectivity index (χ4n) is 1.39. The van der Waals surface area contributed by atoms with Crippen LogP contribution in [0, 0.1) is 0 Å². The van der Waals surface area contributed by atoms with Gasteiger partial charge >= 0.3 is 0 Å². The summed E-state index contributed by atoms with van der Waals surface area (Å²) in [6.07, 6.45) is 3.81. The zero-order valence-electron chi connectivity index (χ0n) is 9.42. The van der Waals surface area contributed by atoms with Gasteiger partial charge in [-0.3, -0.25) is 0 Å². The Balaban J connectivity index is 2.50. The Kier molecular flexibility index (Phi) is 5.10. The van der Waals surface area contributed by atoms with E-state index in [0.29, 0.717) is 5.25 Å². The van der Waals surface area contributed by atoms with E-state index in [2.05, 4.69) is 45.0 Å². The first kappa shape index (κ1) is 11.6. The van der Waals surface area contributed by atoms with Crippen LogP contribution in [-0.2, 0) is 6.42 Å². The molecule has 0 fully saturated rings. The molecule has 1 aromatic carbocycles. The van der Waals surface area contributed by atoms with Gasteiger partial charge in [-0.05, 0) is 30.5 Å². The van der Waals surface area contributed by atoms with Crippen LogP contribution in [0.15, 0.2) is 29.2 Å². The van der Waals surface area contributed by atoms with E-state index in [9.17, 15) is 0 Å². The number of thioether (sulfide) groups is 1. The lowest BCUT2D eigenvalue weighted by atomic mass is 10.1. The van der Waals surface area contributed by atoms with Crippen LogP contribution in [0.3, 0.4) is 0 Å². The summed E-state index contributed by atoms with van der Waals surface area (Å²) in [5.74, 6) is 0. The number of benzene rings is 1. The van der Waals surface area contributed by atoms with Crippen molar-refractivity contribution in [3.05, 3.63) is 29.8 Å². The molecule has 0 aliphatic carbocycles. The molecule has 0 atom stereocenters. The van der Waals surface area contributed by atoms with Crippen molar-refractivity contribution in [1.29, 1.82) is 0 Å². The Morgan fingerprint density at radius 3 is 2.29 bits per heavy atom. The quantitative estimate of drug-likeness (QED) is 0.641. The molecule has 1 heteroatoms. The molecule has 0 heterocycles. The van der Waals surface area contributed by atoms with Gasteiger partial charge in [0.25, 0.3) is 0 Å². The number of rotatable bonds is 5. The first-order valence-corrected chi connectivity index (χ1v) is 6.36. The molecule has 0 spiro atoms. The van der Waals surface area contributed by atoms with E-state index in [1.807, 2.05) is 11.8 Å². The number of unbranched alkanes of at least 4 members (excludes halogenated alkanes) is 1. The fraction of sp³-hybridized carbons (Fsp3) is 0.538. The topological polar surface area (TPSA) is 0 Å². The lowest BCUT2D eigenvalue weighted by Gasteiger charge is -2.05. The standard InChI is InChI=1S/C13H20S/c1-4-5-6-12-7-9-13(10-8-12)14-11(2)3/h7-11H,4-6H2,1-3H3. The molecule has 0 saturated carbocycles. The van der Waals surface area contributed by atoms with E-state index in [4.69, 9.17) is 0 Å². The molecule has 0 saturated heterocycles. The molecule has 1 aromatic rings. The molecule has 0 unspecified atom stereocenters. The van der Waals surface area contributed by atoms with Gasteiger partial charge < -0.3 is 0 Å². The average molecular weight is 208 g/mol. The van der Waals surface area contributed by atoms with Crippen molar-refractivity contribution in [1.82, 2.24) is 0 Å². The summed E-state index contributed by atoms with van der Waals surface area (Å²) in [6.45, 7) is 6.70. The molecule has 78 valence electrons. The average Bonchev–Trinajstić information content (AvgIpc) is 2.16. The van der Waals surface area contributed by atoms with Gasteiger partial charge in [0.2, 0.25) is 0 Å². The number of aryl methyl sites for hydroxylation is 1. The Labute approximate surface area is 92.1 Å². The van der Waals surface area contributed by atoms with Gasteiger partial charge in [0, 0.05) is 10.1 Å². The SMILES string of the molecule is CCCCc1ccc(SC(C)C)cc1. The van der Waals surface area contributed by atoms with Crippen LogP contribution in [0.1, 0.15) is 39.2 Å². The third-order valence-corrected chi connectivity index (χ3v) is 3.13. The fourth-order valence-corrected chi connectivity index (χ4v) is 2.23. The van der Waals surface area contributed by atoms with E-state index >= 15 is 0 Å². The predicted molar refractivity (Wildman–Crippen MR) is 66.0 cm³/mol. The Morgan fingerprint density at radius 1 is 1.14 bits per heavy atom. The van der Waals surface area contributed by atoms with Gasteiger partial charge in [-0.2, -0.15) is 0 Å². The molecule has 0 amide bonds. The Bertz CT molecular complexity index is 248. The monoisotopic (exact) mass is 208 g/mol. The summed E-state index contributed by atoms with van der Waals surface area (Å²) in [5, 5.41) is 0.677. The third kappa shape index (κ3) is 4.19. The number of hydrogen-bond acceptors (Lipinski definition) is 1. The van der Waals surface area contributed by atoms with Gasteiger partial charge in [-0.15, -0.1) is 11.8 Å². The minimum absolute atomic E-state index is 0.677. The van der Waals surface area contributed by atoms with Crippen LogP contribution < -0.4 is 0 Å². The molecular weight excluding hydrogens is 188 g/mol. The molecule has 0 radical (unpaired) electrons. The second-order valence-corrected chi connectivity index (χ2v) is 5.56. The Hall–Kier alpha value is -0.430. The van der Waals surface area contributed by atoms with E-state index in [-0.39, 0.29) is 0 Å². The second kappa shape index (κ2) is 6.13. The molecule has 0 aromatic heterocycles. The molecule has 0 nitrogen and oxygen atoms in total. The normalized spacial score (nSPS) is 10.9. The minimum Gasteiger partial charge on any atom is -0.123 e. The van der Waals surface area contributed by atoms with Crippen LogP contribution in [0.4, 0.5) is 0 Å². The Morgan fingerprint density at radius 2 is 1.79 bits per heavy atom.